The Balaban J connectivity index is 0.000000168. The van der Waals surface area contributed by atoms with Crippen molar-refractivity contribution in [2.24, 2.45) is 0 Å². The zero-order valence-corrected chi connectivity index (χ0v) is 39.3. The third kappa shape index (κ3) is 7.35. The number of benzene rings is 6. The molecule has 346 valence electrons. The minimum absolute atomic E-state index is 0.00975. The number of phenolic OH excluding ortho intramolecular Hbond substituents is 1. The van der Waals surface area contributed by atoms with Crippen LogP contribution in [0.25, 0.3) is 43.4 Å². The lowest BCUT2D eigenvalue weighted by atomic mass is 9.95. The number of halogens is 2. The van der Waals surface area contributed by atoms with Crippen molar-refractivity contribution in [3.8, 4) is 46.0 Å². The van der Waals surface area contributed by atoms with E-state index in [1.807, 2.05) is 54.6 Å². The van der Waals surface area contributed by atoms with Crippen LogP contribution in [-0.4, -0.2) is 102 Å². The smallest absolute Gasteiger partial charge is 0.274 e. The first-order chi connectivity index (χ1) is 32.6. The van der Waals surface area contributed by atoms with Crippen LogP contribution < -0.4 is 43.0 Å². The number of nitrogens with zero attached hydrogens (tertiary/aromatic N) is 2. The van der Waals surface area contributed by atoms with Crippen LogP contribution in [0.2, 0.25) is 0 Å². The summed E-state index contributed by atoms with van der Waals surface area (Å²) in [5.74, 6) is 4.05. The molecular weight excluding hydrogens is 899 g/mol. The number of phenols is 1. The first kappa shape index (κ1) is 45.0. The van der Waals surface area contributed by atoms with E-state index in [0.29, 0.717) is 87.5 Å². The van der Waals surface area contributed by atoms with Crippen molar-refractivity contribution in [3.05, 3.63) is 107 Å². The predicted molar refractivity (Wildman–Crippen MR) is 262 cm³/mol. The fourth-order valence-electron chi connectivity index (χ4n) is 9.65. The van der Waals surface area contributed by atoms with E-state index < -0.39 is 0 Å². The van der Waals surface area contributed by atoms with Gasteiger partial charge < -0.3 is 58.0 Å². The van der Waals surface area contributed by atoms with E-state index in [1.165, 1.54) is 14.2 Å². The molecule has 16 heteroatoms. The van der Waals surface area contributed by atoms with E-state index in [0.717, 1.165) is 54.9 Å². The monoisotopic (exact) mass is 946 g/mol. The second-order valence-electron chi connectivity index (χ2n) is 16.1. The Hall–Kier alpha value is -7.16. The third-order valence-electron chi connectivity index (χ3n) is 12.7. The summed E-state index contributed by atoms with van der Waals surface area (Å²) >= 11 is 12.7. The number of nitrogens with one attached hydrogen (secondary N) is 2. The lowest BCUT2D eigenvalue weighted by Gasteiger charge is -2.18. The summed E-state index contributed by atoms with van der Waals surface area (Å²) in [4.78, 5) is 37.3. The Morgan fingerprint density at radius 3 is 1.36 bits per heavy atom. The Morgan fingerprint density at radius 2 is 0.940 bits per heavy atom. The van der Waals surface area contributed by atoms with Crippen LogP contribution in [0.4, 0.5) is 11.4 Å². The van der Waals surface area contributed by atoms with E-state index in [4.69, 9.17) is 56.4 Å². The molecule has 2 aliphatic rings. The van der Waals surface area contributed by atoms with Gasteiger partial charge in [-0.3, -0.25) is 9.59 Å². The molecule has 2 atom stereocenters. The van der Waals surface area contributed by atoms with Gasteiger partial charge in [-0.25, -0.2) is 0 Å². The Labute approximate surface area is 395 Å². The van der Waals surface area contributed by atoms with Crippen LogP contribution in [0.15, 0.2) is 84.9 Å². The Morgan fingerprint density at radius 1 is 0.537 bits per heavy atom. The number of alkyl halides is 2. The second-order valence-corrected chi connectivity index (χ2v) is 16.7. The van der Waals surface area contributed by atoms with E-state index in [-0.39, 0.29) is 29.4 Å². The highest BCUT2D eigenvalue weighted by Crippen LogP contribution is 2.49. The fourth-order valence-corrected chi connectivity index (χ4v) is 10.2. The molecule has 0 aliphatic carbocycles. The summed E-state index contributed by atoms with van der Waals surface area (Å²) in [5.41, 5.74) is 5.63. The molecule has 10 rings (SSSR count). The number of hydrogen-bond acceptors (Lipinski definition) is 10. The number of carbonyl (C=O) groups excluding carboxylic acids is 2. The summed E-state index contributed by atoms with van der Waals surface area (Å²) in [5, 5.41) is 15.9. The third-order valence-corrected chi connectivity index (χ3v) is 13.4. The highest BCUT2D eigenvalue weighted by Gasteiger charge is 2.37. The molecule has 0 fully saturated rings. The van der Waals surface area contributed by atoms with Crippen molar-refractivity contribution in [2.45, 2.75) is 11.8 Å². The van der Waals surface area contributed by atoms with Crippen molar-refractivity contribution in [1.29, 1.82) is 0 Å². The lowest BCUT2D eigenvalue weighted by Crippen LogP contribution is -2.30. The van der Waals surface area contributed by atoms with E-state index in [9.17, 15) is 14.7 Å². The zero-order chi connectivity index (χ0) is 47.3. The number of ether oxygens (including phenoxy) is 7. The number of methoxy groups -OCH3 is 7. The average molecular weight is 948 g/mol. The van der Waals surface area contributed by atoms with Crippen molar-refractivity contribution in [3.63, 3.8) is 0 Å². The van der Waals surface area contributed by atoms with Crippen LogP contribution in [0.3, 0.4) is 0 Å². The first-order valence-electron chi connectivity index (χ1n) is 21.3. The molecule has 14 nitrogen and oxygen atoms in total. The van der Waals surface area contributed by atoms with E-state index in [1.54, 1.807) is 69.6 Å². The molecule has 4 heterocycles. The SMILES string of the molecule is COc1cc2cc(C(=O)N3C[C@@H](CCl)c4c3cc(O)c3ccccc43)[nH]c2c(OC)c1OC.COc1cc2cc(C(=O)N3C[C@@H](CCl)c4c3cc(OC)c3ccccc43)[nH]c2c(OC)c1OC. The van der Waals surface area contributed by atoms with Gasteiger partial charge >= 0.3 is 0 Å². The molecule has 2 aromatic heterocycles. The maximum absolute atomic E-state index is 13.8. The number of rotatable bonds is 11. The normalized spacial score (nSPS) is 15.1. The molecule has 0 radical (unpaired) electrons. The number of aromatic nitrogens is 2. The number of carbonyl (C=O) groups is 2. The number of aromatic amines is 2. The highest BCUT2D eigenvalue weighted by atomic mass is 35.5. The molecule has 8 aromatic rings. The molecule has 2 amide bonds. The molecule has 0 saturated carbocycles. The zero-order valence-electron chi connectivity index (χ0n) is 37.8. The van der Waals surface area contributed by atoms with Gasteiger partial charge in [0.15, 0.2) is 23.0 Å². The van der Waals surface area contributed by atoms with Gasteiger partial charge in [0.05, 0.1) is 72.2 Å². The molecule has 0 bridgehead atoms. The molecule has 6 aromatic carbocycles. The van der Waals surface area contributed by atoms with Gasteiger partial charge in [-0.2, -0.15) is 0 Å². The maximum Gasteiger partial charge on any atom is 0.274 e. The minimum Gasteiger partial charge on any atom is -0.507 e. The van der Waals surface area contributed by atoms with Crippen molar-refractivity contribution >= 4 is 89.7 Å². The topological polar surface area (TPSA) is 157 Å². The standard InChI is InChI=1S/C26H25ClN2O5.C25H23ClN2O5/c1-31-20-11-19-22(17-8-6-5-7-16(17)20)15(12-27)13-29(19)26(30)18-9-14-10-21(32-2)24(33-3)25(34-4)23(14)28-18;1-31-20-9-13-8-17(27-22(13)24(33-3)23(20)32-2)25(30)28-12-14(11-26)21-16-7-5-4-6-15(16)19(29)10-18(21)28/h5-11,15,28H,12-13H2,1-4H3;4-10,14,27,29H,11-12H2,1-3H3/t15-;14-/m11/s1. The van der Waals surface area contributed by atoms with Gasteiger partial charge in [0.1, 0.15) is 22.9 Å². The van der Waals surface area contributed by atoms with E-state index >= 15 is 0 Å². The van der Waals surface area contributed by atoms with Gasteiger partial charge in [-0.15, -0.1) is 23.2 Å². The van der Waals surface area contributed by atoms with Crippen LogP contribution in [0, 0.1) is 0 Å². The van der Waals surface area contributed by atoms with E-state index in [2.05, 4.69) is 16.0 Å². The number of amides is 2. The summed E-state index contributed by atoms with van der Waals surface area (Å²) < 4.78 is 38.6. The maximum atomic E-state index is 13.8. The molecular formula is C51H48Cl2N4O10. The number of fused-ring (bicyclic) bond motifs is 8. The Kier molecular flexibility index (Phi) is 12.3. The first-order valence-corrected chi connectivity index (χ1v) is 22.4. The number of anilines is 2. The molecule has 0 spiro atoms. The van der Waals surface area contributed by atoms with Crippen LogP contribution >= 0.6 is 23.2 Å². The van der Waals surface area contributed by atoms with Gasteiger partial charge in [0.25, 0.3) is 11.8 Å². The highest BCUT2D eigenvalue weighted by molar-refractivity contribution is 6.20. The largest absolute Gasteiger partial charge is 0.507 e. The summed E-state index contributed by atoms with van der Waals surface area (Å²) in [6, 6.07) is 26.4. The summed E-state index contributed by atoms with van der Waals surface area (Å²) in [7, 11) is 10.9. The van der Waals surface area contributed by atoms with Gasteiger partial charge in [0.2, 0.25) is 11.5 Å². The van der Waals surface area contributed by atoms with Gasteiger partial charge in [-0.05, 0) is 46.2 Å². The van der Waals surface area contributed by atoms with Crippen molar-refractivity contribution in [2.75, 3.05) is 84.4 Å². The van der Waals surface area contributed by atoms with Crippen LogP contribution in [0.1, 0.15) is 43.9 Å². The molecule has 67 heavy (non-hydrogen) atoms. The minimum atomic E-state index is -0.227. The van der Waals surface area contributed by atoms with Gasteiger partial charge in [0, 0.05) is 70.4 Å². The molecule has 0 saturated heterocycles. The van der Waals surface area contributed by atoms with Crippen LogP contribution in [0.5, 0.6) is 46.0 Å². The molecule has 0 unspecified atom stereocenters. The van der Waals surface area contributed by atoms with Gasteiger partial charge in [-0.1, -0.05) is 48.5 Å². The van der Waals surface area contributed by atoms with Crippen molar-refractivity contribution in [1.82, 2.24) is 9.97 Å². The summed E-state index contributed by atoms with van der Waals surface area (Å²) in [6.45, 7) is 0.901. The Bertz CT molecular complexity index is 3240. The fraction of sp³-hybridized carbons (Fsp3) is 0.255. The van der Waals surface area contributed by atoms with Crippen LogP contribution in [-0.2, 0) is 0 Å². The number of hydrogen-bond donors (Lipinski definition) is 3. The molecule has 3 N–H and O–H groups in total. The number of H-pyrrole nitrogens is 2. The predicted octanol–water partition coefficient (Wildman–Crippen LogP) is 10.4. The lowest BCUT2D eigenvalue weighted by molar-refractivity contribution is 0.0977. The summed E-state index contributed by atoms with van der Waals surface area (Å²) in [6.07, 6.45) is 0. The molecule has 2 aliphatic heterocycles. The quantitative estimate of drug-likeness (QED) is 0.107. The second kappa shape index (κ2) is 18.3. The number of aromatic hydroxyl groups is 1. The average Bonchev–Trinajstić information content (AvgIpc) is 4.17. The van der Waals surface area contributed by atoms with Crippen molar-refractivity contribution < 1.29 is 47.9 Å².